The summed E-state index contributed by atoms with van der Waals surface area (Å²) in [6.45, 7) is 3.17. The first-order valence-corrected chi connectivity index (χ1v) is 9.83. The van der Waals surface area contributed by atoms with Crippen molar-refractivity contribution < 1.29 is 13.6 Å². The summed E-state index contributed by atoms with van der Waals surface area (Å²) in [5, 5.41) is 9.04. The molecular formula is C22H26F2N4O. The minimum atomic E-state index is -0.503. The Morgan fingerprint density at radius 1 is 1.17 bits per heavy atom. The lowest BCUT2D eigenvalue weighted by Crippen LogP contribution is -2.39. The van der Waals surface area contributed by atoms with E-state index >= 15 is 0 Å². The third-order valence-electron chi connectivity index (χ3n) is 4.91. The van der Waals surface area contributed by atoms with Gasteiger partial charge in [-0.1, -0.05) is 18.2 Å². The molecule has 7 heteroatoms. The standard InChI is InChI=1S/C22H26F2N4O/c1-3-26-22(27-11-10-14-6-4-7-15(12-14)21(29)25-2)28-19-13-16(19)20-17(23)8-5-9-18(20)24/h4-9,12,16,19H,3,10-11,13H2,1-2H3,(H,25,29)(H2,26,27,28). The van der Waals surface area contributed by atoms with E-state index in [9.17, 15) is 13.6 Å². The van der Waals surface area contributed by atoms with Crippen molar-refractivity contribution in [3.63, 3.8) is 0 Å². The van der Waals surface area contributed by atoms with Gasteiger partial charge in [0.2, 0.25) is 0 Å². The Labute approximate surface area is 169 Å². The second kappa shape index (κ2) is 9.49. The summed E-state index contributed by atoms with van der Waals surface area (Å²) in [7, 11) is 1.60. The van der Waals surface area contributed by atoms with E-state index in [2.05, 4.69) is 20.9 Å². The van der Waals surface area contributed by atoms with Crippen LogP contribution in [0.4, 0.5) is 8.78 Å². The minimum Gasteiger partial charge on any atom is -0.357 e. The Balaban J connectivity index is 1.59. The van der Waals surface area contributed by atoms with Crippen LogP contribution < -0.4 is 16.0 Å². The van der Waals surface area contributed by atoms with Crippen LogP contribution in [-0.2, 0) is 6.42 Å². The lowest BCUT2D eigenvalue weighted by Gasteiger charge is -2.12. The Morgan fingerprint density at radius 3 is 2.59 bits per heavy atom. The van der Waals surface area contributed by atoms with E-state index in [1.165, 1.54) is 18.2 Å². The van der Waals surface area contributed by atoms with Crippen LogP contribution in [0.3, 0.4) is 0 Å². The van der Waals surface area contributed by atoms with Crippen LogP contribution in [0, 0.1) is 11.6 Å². The molecule has 0 aliphatic heterocycles. The lowest BCUT2D eigenvalue weighted by molar-refractivity contribution is 0.0963. The predicted molar refractivity (Wildman–Crippen MR) is 110 cm³/mol. The van der Waals surface area contributed by atoms with Gasteiger partial charge >= 0.3 is 0 Å². The molecule has 29 heavy (non-hydrogen) atoms. The van der Waals surface area contributed by atoms with Crippen LogP contribution in [0.1, 0.15) is 40.7 Å². The largest absolute Gasteiger partial charge is 0.357 e. The predicted octanol–water partition coefficient (Wildman–Crippen LogP) is 2.98. The van der Waals surface area contributed by atoms with Gasteiger partial charge in [-0.3, -0.25) is 9.79 Å². The van der Waals surface area contributed by atoms with E-state index in [1.807, 2.05) is 25.1 Å². The first kappa shape index (κ1) is 20.8. The maximum Gasteiger partial charge on any atom is 0.251 e. The van der Waals surface area contributed by atoms with Gasteiger partial charge in [-0.05, 0) is 49.6 Å². The van der Waals surface area contributed by atoms with Gasteiger partial charge in [0.25, 0.3) is 5.91 Å². The number of carbonyl (C=O) groups is 1. The molecule has 0 bridgehead atoms. The zero-order chi connectivity index (χ0) is 20.8. The highest BCUT2D eigenvalue weighted by atomic mass is 19.1. The summed E-state index contributed by atoms with van der Waals surface area (Å²) in [5.74, 6) is -0.691. The molecule has 2 aromatic carbocycles. The number of rotatable bonds is 7. The number of aliphatic imine (C=N–C) groups is 1. The van der Waals surface area contributed by atoms with E-state index in [1.54, 1.807) is 13.1 Å². The number of hydrogen-bond donors (Lipinski definition) is 3. The number of amides is 1. The van der Waals surface area contributed by atoms with Crippen LogP contribution in [0.2, 0.25) is 0 Å². The highest BCUT2D eigenvalue weighted by Crippen LogP contribution is 2.43. The van der Waals surface area contributed by atoms with Crippen LogP contribution in [0.25, 0.3) is 0 Å². The number of carbonyl (C=O) groups excluding carboxylic acids is 1. The van der Waals surface area contributed by atoms with Gasteiger partial charge in [-0.25, -0.2) is 8.78 Å². The van der Waals surface area contributed by atoms with Crippen molar-refractivity contribution in [3.8, 4) is 0 Å². The Bertz CT molecular complexity index is 880. The smallest absolute Gasteiger partial charge is 0.251 e. The van der Waals surface area contributed by atoms with Crippen LogP contribution in [0.15, 0.2) is 47.5 Å². The third-order valence-corrected chi connectivity index (χ3v) is 4.91. The van der Waals surface area contributed by atoms with Gasteiger partial charge < -0.3 is 16.0 Å². The SMILES string of the molecule is CCNC(=NCCc1cccc(C(=O)NC)c1)NC1CC1c1c(F)cccc1F. The normalized spacial score (nSPS) is 18.3. The quantitative estimate of drug-likeness (QED) is 0.495. The number of halogens is 2. The van der Waals surface area contributed by atoms with Crippen molar-refractivity contribution >= 4 is 11.9 Å². The monoisotopic (exact) mass is 400 g/mol. The molecule has 0 saturated heterocycles. The van der Waals surface area contributed by atoms with Crippen molar-refractivity contribution in [2.24, 2.45) is 4.99 Å². The molecule has 0 heterocycles. The van der Waals surface area contributed by atoms with Crippen LogP contribution in [-0.4, -0.2) is 38.0 Å². The molecular weight excluding hydrogens is 374 g/mol. The summed E-state index contributed by atoms with van der Waals surface area (Å²) in [5.41, 5.74) is 1.78. The van der Waals surface area contributed by atoms with E-state index in [0.29, 0.717) is 37.5 Å². The number of nitrogens with zero attached hydrogens (tertiary/aromatic N) is 1. The zero-order valence-electron chi connectivity index (χ0n) is 16.6. The summed E-state index contributed by atoms with van der Waals surface area (Å²) in [6, 6.07) is 11.4. The molecule has 2 unspecified atom stereocenters. The van der Waals surface area contributed by atoms with E-state index in [-0.39, 0.29) is 23.4 Å². The molecule has 2 aromatic rings. The molecule has 1 amide bonds. The third kappa shape index (κ3) is 5.31. The van der Waals surface area contributed by atoms with E-state index in [0.717, 1.165) is 5.56 Å². The second-order valence-corrected chi connectivity index (χ2v) is 7.02. The average Bonchev–Trinajstić information content (AvgIpc) is 3.46. The zero-order valence-corrected chi connectivity index (χ0v) is 16.6. The first-order chi connectivity index (χ1) is 14.0. The molecule has 0 spiro atoms. The molecule has 1 fully saturated rings. The van der Waals surface area contributed by atoms with Gasteiger partial charge in [-0.2, -0.15) is 0 Å². The molecule has 3 rings (SSSR count). The maximum atomic E-state index is 14.0. The van der Waals surface area contributed by atoms with Crippen LogP contribution >= 0.6 is 0 Å². The average molecular weight is 400 g/mol. The van der Waals surface area contributed by atoms with Gasteiger partial charge in [0, 0.05) is 43.2 Å². The Kier molecular flexibility index (Phi) is 6.80. The number of hydrogen-bond acceptors (Lipinski definition) is 2. The fraction of sp³-hybridized carbons (Fsp3) is 0.364. The molecule has 1 aliphatic carbocycles. The summed E-state index contributed by atoms with van der Waals surface area (Å²) >= 11 is 0. The molecule has 2 atom stereocenters. The highest BCUT2D eigenvalue weighted by Gasteiger charge is 2.42. The van der Waals surface area contributed by atoms with Crippen molar-refractivity contribution in [1.82, 2.24) is 16.0 Å². The lowest BCUT2D eigenvalue weighted by atomic mass is 10.1. The van der Waals surface area contributed by atoms with Crippen molar-refractivity contribution in [1.29, 1.82) is 0 Å². The first-order valence-electron chi connectivity index (χ1n) is 9.83. The molecule has 1 saturated carbocycles. The van der Waals surface area contributed by atoms with E-state index in [4.69, 9.17) is 0 Å². The van der Waals surface area contributed by atoms with Gasteiger partial charge in [0.1, 0.15) is 11.6 Å². The van der Waals surface area contributed by atoms with Gasteiger partial charge in [0.15, 0.2) is 5.96 Å². The number of benzene rings is 2. The molecule has 154 valence electrons. The summed E-state index contributed by atoms with van der Waals surface area (Å²) in [4.78, 5) is 16.3. The van der Waals surface area contributed by atoms with Gasteiger partial charge in [0.05, 0.1) is 0 Å². The molecule has 0 radical (unpaired) electrons. The van der Waals surface area contributed by atoms with Gasteiger partial charge in [-0.15, -0.1) is 0 Å². The molecule has 0 aromatic heterocycles. The fourth-order valence-electron chi connectivity index (χ4n) is 3.34. The maximum absolute atomic E-state index is 14.0. The Morgan fingerprint density at radius 2 is 1.90 bits per heavy atom. The highest BCUT2D eigenvalue weighted by molar-refractivity contribution is 5.94. The van der Waals surface area contributed by atoms with Crippen molar-refractivity contribution in [2.75, 3.05) is 20.1 Å². The molecule has 5 nitrogen and oxygen atoms in total. The minimum absolute atomic E-state index is 0.0456. The summed E-state index contributed by atoms with van der Waals surface area (Å²) < 4.78 is 27.9. The second-order valence-electron chi connectivity index (χ2n) is 7.02. The van der Waals surface area contributed by atoms with E-state index < -0.39 is 11.6 Å². The topological polar surface area (TPSA) is 65.5 Å². The van der Waals surface area contributed by atoms with Crippen molar-refractivity contribution in [3.05, 3.63) is 70.8 Å². The van der Waals surface area contributed by atoms with Crippen LogP contribution in [0.5, 0.6) is 0 Å². The fourth-order valence-corrected chi connectivity index (χ4v) is 3.34. The number of nitrogens with one attached hydrogen (secondary N) is 3. The summed E-state index contributed by atoms with van der Waals surface area (Å²) in [6.07, 6.45) is 1.34. The Hall–Kier alpha value is -2.96. The van der Waals surface area contributed by atoms with Crippen molar-refractivity contribution in [2.45, 2.75) is 31.7 Å². The molecule has 1 aliphatic rings. The molecule has 3 N–H and O–H groups in total. The number of guanidine groups is 1.